The largest absolute Gasteiger partial charge is 0.342 e. The minimum atomic E-state index is -0.597. The van der Waals surface area contributed by atoms with E-state index in [1.165, 1.54) is 0 Å². The van der Waals surface area contributed by atoms with Crippen LogP contribution in [0.1, 0.15) is 54.7 Å². The van der Waals surface area contributed by atoms with Crippen LogP contribution >= 0.6 is 0 Å². The molecular weight excluding hydrogens is 470 g/mol. The molecule has 1 saturated carbocycles. The zero-order valence-electron chi connectivity index (χ0n) is 20.9. The number of aryl methyl sites for hydroxylation is 1. The van der Waals surface area contributed by atoms with Crippen molar-refractivity contribution in [2.24, 2.45) is 5.92 Å². The first-order valence-electron chi connectivity index (χ1n) is 12.5. The summed E-state index contributed by atoms with van der Waals surface area (Å²) in [6.45, 7) is 5.07. The highest BCUT2D eigenvalue weighted by Gasteiger charge is 2.35. The fraction of sp³-hybridized carbons (Fsp3) is 0.423. The quantitative estimate of drug-likeness (QED) is 0.505. The summed E-state index contributed by atoms with van der Waals surface area (Å²) in [5.41, 5.74) is 3.32. The summed E-state index contributed by atoms with van der Waals surface area (Å²) in [7, 11) is 0. The van der Waals surface area contributed by atoms with Crippen molar-refractivity contribution in [3.05, 3.63) is 48.2 Å². The fourth-order valence-electron chi connectivity index (χ4n) is 4.44. The van der Waals surface area contributed by atoms with Crippen LogP contribution in [0.15, 0.2) is 36.9 Å². The van der Waals surface area contributed by atoms with Crippen LogP contribution in [0.4, 0.5) is 11.6 Å². The lowest BCUT2D eigenvalue weighted by molar-refractivity contribution is -0.133. The Bertz CT molecular complexity index is 1330. The minimum Gasteiger partial charge on any atom is -0.342 e. The SMILES string of the molecule is Cc1cnc(Nc2cnn(C3CCN(C(=O)C4CC4)CC3)c2)nc1-c1ccc(C(=O)NC(C)C#N)nc1. The number of nitrogens with one attached hydrogen (secondary N) is 2. The predicted molar refractivity (Wildman–Crippen MR) is 136 cm³/mol. The second-order valence-corrected chi connectivity index (χ2v) is 9.65. The molecular formula is C26H29N9O2. The van der Waals surface area contributed by atoms with Crippen molar-refractivity contribution >= 4 is 23.5 Å². The Hall–Kier alpha value is -4.33. The van der Waals surface area contributed by atoms with Crippen molar-refractivity contribution in [2.45, 2.75) is 51.6 Å². The van der Waals surface area contributed by atoms with Crippen LogP contribution < -0.4 is 10.6 Å². The van der Waals surface area contributed by atoms with E-state index in [4.69, 9.17) is 5.26 Å². The number of piperidine rings is 1. The Morgan fingerprint density at radius 2 is 1.89 bits per heavy atom. The van der Waals surface area contributed by atoms with Gasteiger partial charge in [0.25, 0.3) is 5.91 Å². The van der Waals surface area contributed by atoms with Crippen LogP contribution in [0.5, 0.6) is 0 Å². The number of nitrogens with zero attached hydrogens (tertiary/aromatic N) is 7. The molecule has 37 heavy (non-hydrogen) atoms. The van der Waals surface area contributed by atoms with E-state index in [0.717, 1.165) is 55.6 Å². The molecule has 1 atom stereocenters. The summed E-state index contributed by atoms with van der Waals surface area (Å²) in [4.78, 5) is 39.8. The molecule has 2 aliphatic rings. The summed E-state index contributed by atoms with van der Waals surface area (Å²) >= 11 is 0. The van der Waals surface area contributed by atoms with E-state index >= 15 is 0 Å². The number of pyridine rings is 1. The lowest BCUT2D eigenvalue weighted by Gasteiger charge is -2.32. The third-order valence-corrected chi connectivity index (χ3v) is 6.72. The second-order valence-electron chi connectivity index (χ2n) is 9.65. The topological polar surface area (TPSA) is 142 Å². The highest BCUT2D eigenvalue weighted by atomic mass is 16.2. The molecule has 0 aromatic carbocycles. The van der Waals surface area contributed by atoms with Gasteiger partial charge < -0.3 is 15.5 Å². The van der Waals surface area contributed by atoms with E-state index in [9.17, 15) is 9.59 Å². The van der Waals surface area contributed by atoms with Crippen LogP contribution in [0, 0.1) is 24.2 Å². The highest BCUT2D eigenvalue weighted by molar-refractivity contribution is 5.93. The summed E-state index contributed by atoms with van der Waals surface area (Å²) in [5.74, 6) is 0.604. The van der Waals surface area contributed by atoms with Crippen LogP contribution in [0.2, 0.25) is 0 Å². The molecule has 1 aliphatic carbocycles. The fourth-order valence-corrected chi connectivity index (χ4v) is 4.44. The van der Waals surface area contributed by atoms with Gasteiger partial charge in [0.15, 0.2) is 0 Å². The van der Waals surface area contributed by atoms with Gasteiger partial charge in [-0.25, -0.2) is 9.97 Å². The molecule has 11 nitrogen and oxygen atoms in total. The summed E-state index contributed by atoms with van der Waals surface area (Å²) in [5, 5.41) is 19.2. The molecule has 0 bridgehead atoms. The molecule has 2 fully saturated rings. The lowest BCUT2D eigenvalue weighted by Crippen LogP contribution is -2.39. The van der Waals surface area contributed by atoms with Crippen LogP contribution in [-0.4, -0.2) is 60.6 Å². The number of anilines is 2. The molecule has 1 unspecified atom stereocenters. The van der Waals surface area contributed by atoms with Gasteiger partial charge in [-0.1, -0.05) is 0 Å². The van der Waals surface area contributed by atoms with E-state index in [0.29, 0.717) is 17.5 Å². The van der Waals surface area contributed by atoms with Crippen LogP contribution in [0.3, 0.4) is 0 Å². The Labute approximate surface area is 214 Å². The minimum absolute atomic E-state index is 0.228. The van der Waals surface area contributed by atoms with Crippen molar-refractivity contribution < 1.29 is 9.59 Å². The Kier molecular flexibility index (Phi) is 6.81. The monoisotopic (exact) mass is 499 g/mol. The van der Waals surface area contributed by atoms with E-state index < -0.39 is 11.9 Å². The van der Waals surface area contributed by atoms with E-state index in [-0.39, 0.29) is 17.7 Å². The predicted octanol–water partition coefficient (Wildman–Crippen LogP) is 3.00. The summed E-state index contributed by atoms with van der Waals surface area (Å²) in [6.07, 6.45) is 10.9. The van der Waals surface area contributed by atoms with Crippen molar-refractivity contribution in [1.82, 2.24) is 34.9 Å². The number of carbonyl (C=O) groups is 2. The smallest absolute Gasteiger partial charge is 0.270 e. The van der Waals surface area contributed by atoms with E-state index in [1.807, 2.05) is 28.8 Å². The number of amides is 2. The molecule has 1 aliphatic heterocycles. The van der Waals surface area contributed by atoms with Gasteiger partial charge in [0, 0.05) is 43.2 Å². The highest BCUT2D eigenvalue weighted by Crippen LogP contribution is 2.33. The molecule has 3 aromatic heterocycles. The third kappa shape index (κ3) is 5.58. The van der Waals surface area contributed by atoms with Crippen molar-refractivity contribution in [3.63, 3.8) is 0 Å². The first kappa shape index (κ1) is 24.4. The average molecular weight is 500 g/mol. The molecule has 190 valence electrons. The number of nitriles is 1. The molecule has 3 aromatic rings. The van der Waals surface area contributed by atoms with Crippen molar-refractivity contribution in [3.8, 4) is 17.3 Å². The standard InChI is InChI=1S/C26H29N9O2/c1-16-12-29-26(33-23(16)19-5-6-22(28-13-19)24(36)31-17(2)11-27)32-20-14-30-35(15-20)21-7-9-34(10-8-21)25(37)18-3-4-18/h5-6,12-15,17-18,21H,3-4,7-10H2,1-2H3,(H,31,36)(H,29,32,33). The molecule has 1 saturated heterocycles. The van der Waals surface area contributed by atoms with E-state index in [2.05, 4.69) is 30.7 Å². The molecule has 0 radical (unpaired) electrons. The van der Waals surface area contributed by atoms with Gasteiger partial charge in [0.1, 0.15) is 11.7 Å². The number of hydrogen-bond donors (Lipinski definition) is 2. The van der Waals surface area contributed by atoms with Gasteiger partial charge >= 0.3 is 0 Å². The summed E-state index contributed by atoms with van der Waals surface area (Å²) < 4.78 is 1.96. The first-order chi connectivity index (χ1) is 17.9. The summed E-state index contributed by atoms with van der Waals surface area (Å²) in [6, 6.07) is 5.01. The van der Waals surface area contributed by atoms with Gasteiger partial charge in [0.05, 0.1) is 29.7 Å². The van der Waals surface area contributed by atoms with Gasteiger partial charge in [-0.15, -0.1) is 0 Å². The number of rotatable bonds is 7. The zero-order valence-corrected chi connectivity index (χ0v) is 20.9. The molecule has 0 spiro atoms. The van der Waals surface area contributed by atoms with Gasteiger partial charge in [0.2, 0.25) is 11.9 Å². The number of hydrogen-bond acceptors (Lipinski definition) is 8. The van der Waals surface area contributed by atoms with Gasteiger partial charge in [-0.2, -0.15) is 10.4 Å². The Morgan fingerprint density at radius 1 is 1.11 bits per heavy atom. The maximum atomic E-state index is 12.3. The molecule has 2 amide bonds. The van der Waals surface area contributed by atoms with Gasteiger partial charge in [-0.05, 0) is 57.2 Å². The zero-order chi connectivity index (χ0) is 25.9. The van der Waals surface area contributed by atoms with E-state index in [1.54, 1.807) is 37.6 Å². The maximum Gasteiger partial charge on any atom is 0.270 e. The normalized spacial score (nSPS) is 16.6. The molecule has 2 N–H and O–H groups in total. The first-order valence-corrected chi connectivity index (χ1v) is 12.5. The molecule has 11 heteroatoms. The van der Waals surface area contributed by atoms with Crippen molar-refractivity contribution in [1.29, 1.82) is 5.26 Å². The van der Waals surface area contributed by atoms with Crippen LogP contribution in [0.25, 0.3) is 11.3 Å². The molecule has 4 heterocycles. The second kappa shape index (κ2) is 10.3. The third-order valence-electron chi connectivity index (χ3n) is 6.72. The average Bonchev–Trinajstić information content (AvgIpc) is 3.67. The Balaban J connectivity index is 1.23. The lowest BCUT2D eigenvalue weighted by atomic mass is 10.0. The Morgan fingerprint density at radius 3 is 2.57 bits per heavy atom. The van der Waals surface area contributed by atoms with Crippen molar-refractivity contribution in [2.75, 3.05) is 18.4 Å². The number of aromatic nitrogens is 5. The molecule has 5 rings (SSSR count). The number of likely N-dealkylation sites (tertiary alicyclic amines) is 1. The van der Waals surface area contributed by atoms with Crippen LogP contribution in [-0.2, 0) is 4.79 Å². The maximum absolute atomic E-state index is 12.3. The number of carbonyl (C=O) groups excluding carboxylic acids is 2. The van der Waals surface area contributed by atoms with Gasteiger partial charge in [-0.3, -0.25) is 19.3 Å².